The fourth-order valence-corrected chi connectivity index (χ4v) is 3.69. The zero-order valence-electron chi connectivity index (χ0n) is 15.5. The lowest BCUT2D eigenvalue weighted by molar-refractivity contribution is -0.160. The molecule has 0 saturated heterocycles. The van der Waals surface area contributed by atoms with Crippen LogP contribution < -0.4 is 5.56 Å². The Balaban J connectivity index is 1.77. The maximum absolute atomic E-state index is 13.4. The zero-order valence-corrected chi connectivity index (χ0v) is 15.5. The van der Waals surface area contributed by atoms with Gasteiger partial charge in [0.1, 0.15) is 16.9 Å². The van der Waals surface area contributed by atoms with E-state index in [4.69, 9.17) is 0 Å². The van der Waals surface area contributed by atoms with Gasteiger partial charge in [0.25, 0.3) is 12.0 Å². The summed E-state index contributed by atoms with van der Waals surface area (Å²) in [6, 6.07) is 5.27. The van der Waals surface area contributed by atoms with Crippen molar-refractivity contribution in [3.05, 3.63) is 57.3 Å². The quantitative estimate of drug-likeness (QED) is 0.639. The number of rotatable bonds is 4. The Bertz CT molecular complexity index is 1130. The van der Waals surface area contributed by atoms with E-state index in [1.54, 1.807) is 6.92 Å². The molecule has 1 saturated carbocycles. The van der Waals surface area contributed by atoms with E-state index in [-0.39, 0.29) is 35.3 Å². The normalized spacial score (nSPS) is 17.1. The van der Waals surface area contributed by atoms with Crippen LogP contribution in [0.5, 0.6) is 0 Å². The summed E-state index contributed by atoms with van der Waals surface area (Å²) < 4.78 is 67.9. The Kier molecular flexibility index (Phi) is 4.29. The molecule has 1 aliphatic carbocycles. The lowest BCUT2D eigenvalue weighted by atomic mass is 9.93. The minimum absolute atomic E-state index is 0.00656. The van der Waals surface area contributed by atoms with Gasteiger partial charge in [-0.15, -0.1) is 0 Å². The molecule has 0 bridgehead atoms. The standard InChI is InChI=1S/C19H17F5N4O/c1-9(11-3-5-12(6-4-11)18(7-8-18)19(22,23)24)28-16-13(14(27-28)15(20)21)17(29)26-10(2)25-16/h3-6,9,15H,7-8H2,1-2H3,(H,25,26,29). The lowest BCUT2D eigenvalue weighted by Gasteiger charge is -2.21. The highest BCUT2D eigenvalue weighted by Gasteiger charge is 2.64. The van der Waals surface area contributed by atoms with Crippen LogP contribution in [0.25, 0.3) is 11.0 Å². The average Bonchev–Trinajstić information content (AvgIpc) is 3.37. The molecular weight excluding hydrogens is 395 g/mol. The first kappa shape index (κ1) is 19.5. The minimum Gasteiger partial charge on any atom is -0.310 e. The van der Waals surface area contributed by atoms with E-state index in [2.05, 4.69) is 15.1 Å². The van der Waals surface area contributed by atoms with Gasteiger partial charge in [-0.2, -0.15) is 18.3 Å². The van der Waals surface area contributed by atoms with Crippen molar-refractivity contribution in [2.24, 2.45) is 0 Å². The van der Waals surface area contributed by atoms with Crippen LogP contribution >= 0.6 is 0 Å². The SMILES string of the molecule is Cc1nc2c(c(C(F)F)nn2C(C)c2ccc(C3(C(F)(F)F)CC3)cc2)c(=O)[nH]1. The summed E-state index contributed by atoms with van der Waals surface area (Å²) in [7, 11) is 0. The fourth-order valence-electron chi connectivity index (χ4n) is 3.69. The summed E-state index contributed by atoms with van der Waals surface area (Å²) in [5.74, 6) is 0.243. The highest BCUT2D eigenvalue weighted by molar-refractivity contribution is 5.77. The molecule has 2 aromatic heterocycles. The third kappa shape index (κ3) is 3.01. The van der Waals surface area contributed by atoms with Crippen LogP contribution in [0.4, 0.5) is 22.0 Å². The molecule has 3 aromatic rings. The number of alkyl halides is 5. The third-order valence-corrected chi connectivity index (χ3v) is 5.52. The Morgan fingerprint density at radius 1 is 1.17 bits per heavy atom. The molecule has 1 aromatic carbocycles. The molecule has 0 spiro atoms. The molecule has 0 aliphatic heterocycles. The number of nitrogens with one attached hydrogen (secondary N) is 1. The number of aromatic amines is 1. The number of aryl methyl sites for hydroxylation is 1. The molecule has 1 aliphatic rings. The van der Waals surface area contributed by atoms with E-state index in [1.165, 1.54) is 35.9 Å². The van der Waals surface area contributed by atoms with Crippen LogP contribution in [0.3, 0.4) is 0 Å². The number of halogens is 5. The summed E-state index contributed by atoms with van der Waals surface area (Å²) in [4.78, 5) is 18.7. The zero-order chi connectivity index (χ0) is 21.1. The number of aromatic nitrogens is 4. The van der Waals surface area contributed by atoms with Gasteiger partial charge in [-0.3, -0.25) is 4.79 Å². The first-order chi connectivity index (χ1) is 13.5. The largest absolute Gasteiger partial charge is 0.398 e. The van der Waals surface area contributed by atoms with E-state index in [1.807, 2.05) is 0 Å². The molecule has 1 fully saturated rings. The van der Waals surface area contributed by atoms with Crippen molar-refractivity contribution in [2.75, 3.05) is 0 Å². The molecule has 1 N–H and O–H groups in total. The van der Waals surface area contributed by atoms with Crippen molar-refractivity contribution in [2.45, 2.75) is 50.7 Å². The predicted octanol–water partition coefficient (Wildman–Crippen LogP) is 4.57. The Morgan fingerprint density at radius 3 is 2.31 bits per heavy atom. The molecule has 2 heterocycles. The topological polar surface area (TPSA) is 63.6 Å². The molecular formula is C19H17F5N4O. The Morgan fingerprint density at radius 2 is 1.79 bits per heavy atom. The number of H-pyrrole nitrogens is 1. The van der Waals surface area contributed by atoms with Crippen LogP contribution in [0.1, 0.15) is 54.9 Å². The van der Waals surface area contributed by atoms with Gasteiger partial charge >= 0.3 is 6.18 Å². The van der Waals surface area contributed by atoms with Crippen LogP contribution in [-0.2, 0) is 5.41 Å². The van der Waals surface area contributed by atoms with E-state index >= 15 is 0 Å². The van der Waals surface area contributed by atoms with Crippen LogP contribution in [-0.4, -0.2) is 25.9 Å². The van der Waals surface area contributed by atoms with E-state index in [0.29, 0.717) is 5.56 Å². The average molecular weight is 412 g/mol. The first-order valence-electron chi connectivity index (χ1n) is 8.99. The van der Waals surface area contributed by atoms with Gasteiger partial charge in [-0.25, -0.2) is 18.4 Å². The van der Waals surface area contributed by atoms with E-state index < -0.39 is 35.3 Å². The second-order valence-corrected chi connectivity index (χ2v) is 7.36. The number of hydrogen-bond acceptors (Lipinski definition) is 3. The first-order valence-corrected chi connectivity index (χ1v) is 8.99. The second-order valence-electron chi connectivity index (χ2n) is 7.36. The fraction of sp³-hybridized carbons (Fsp3) is 0.421. The van der Waals surface area contributed by atoms with Gasteiger partial charge in [0.2, 0.25) is 0 Å². The molecule has 0 radical (unpaired) electrons. The van der Waals surface area contributed by atoms with Crippen molar-refractivity contribution in [3.63, 3.8) is 0 Å². The van der Waals surface area contributed by atoms with Gasteiger partial charge in [0.05, 0.1) is 11.5 Å². The summed E-state index contributed by atoms with van der Waals surface area (Å²) in [5, 5.41) is 3.61. The summed E-state index contributed by atoms with van der Waals surface area (Å²) in [5.41, 5.74) is -2.42. The van der Waals surface area contributed by atoms with Gasteiger partial charge < -0.3 is 4.98 Å². The Hall–Kier alpha value is -2.78. The minimum atomic E-state index is -4.31. The van der Waals surface area contributed by atoms with Crippen LogP contribution in [0.15, 0.2) is 29.1 Å². The molecule has 10 heteroatoms. The molecule has 1 atom stereocenters. The maximum atomic E-state index is 13.4. The summed E-state index contributed by atoms with van der Waals surface area (Å²) >= 11 is 0. The van der Waals surface area contributed by atoms with Gasteiger partial charge in [0.15, 0.2) is 5.65 Å². The van der Waals surface area contributed by atoms with Crippen LogP contribution in [0, 0.1) is 6.92 Å². The number of fused-ring (bicyclic) bond motifs is 1. The van der Waals surface area contributed by atoms with Gasteiger partial charge in [0, 0.05) is 0 Å². The van der Waals surface area contributed by atoms with Crippen molar-refractivity contribution < 1.29 is 22.0 Å². The molecule has 1 unspecified atom stereocenters. The Labute approximate surface area is 161 Å². The smallest absolute Gasteiger partial charge is 0.310 e. The van der Waals surface area contributed by atoms with E-state index in [9.17, 15) is 26.7 Å². The predicted molar refractivity (Wildman–Crippen MR) is 95.1 cm³/mol. The highest BCUT2D eigenvalue weighted by Crippen LogP contribution is 2.58. The lowest BCUT2D eigenvalue weighted by Crippen LogP contribution is -2.28. The van der Waals surface area contributed by atoms with Crippen molar-refractivity contribution in [3.8, 4) is 0 Å². The number of nitrogens with zero attached hydrogens (tertiary/aromatic N) is 3. The summed E-state index contributed by atoms with van der Waals surface area (Å²) in [6.07, 6.45) is -7.18. The molecule has 5 nitrogen and oxygen atoms in total. The highest BCUT2D eigenvalue weighted by atomic mass is 19.4. The monoisotopic (exact) mass is 412 g/mol. The third-order valence-electron chi connectivity index (χ3n) is 5.52. The van der Waals surface area contributed by atoms with Gasteiger partial charge in [-0.05, 0) is 37.8 Å². The van der Waals surface area contributed by atoms with Gasteiger partial charge in [-0.1, -0.05) is 24.3 Å². The maximum Gasteiger partial charge on any atom is 0.398 e. The van der Waals surface area contributed by atoms with Crippen LogP contribution in [0.2, 0.25) is 0 Å². The molecule has 154 valence electrons. The summed E-state index contributed by atoms with van der Waals surface area (Å²) in [6.45, 7) is 3.18. The van der Waals surface area contributed by atoms with Crippen molar-refractivity contribution in [1.29, 1.82) is 0 Å². The molecule has 29 heavy (non-hydrogen) atoms. The van der Waals surface area contributed by atoms with Crippen molar-refractivity contribution in [1.82, 2.24) is 19.7 Å². The molecule has 0 amide bonds. The van der Waals surface area contributed by atoms with E-state index in [0.717, 1.165) is 0 Å². The van der Waals surface area contributed by atoms with Crippen molar-refractivity contribution >= 4 is 11.0 Å². The molecule has 4 rings (SSSR count). The second kappa shape index (κ2) is 6.36. The number of hydrogen-bond donors (Lipinski definition) is 1. The number of benzene rings is 1.